The van der Waals surface area contributed by atoms with Crippen LogP contribution >= 0.6 is 0 Å². The highest BCUT2D eigenvalue weighted by Gasteiger charge is 2.38. The molecule has 22 heavy (non-hydrogen) atoms. The third-order valence-electron chi connectivity index (χ3n) is 5.44. The molecule has 2 atom stereocenters. The molecule has 3 aliphatic rings. The maximum Gasteiger partial charge on any atom is 0.225 e. The lowest BCUT2D eigenvalue weighted by molar-refractivity contribution is -0.137. The largest absolute Gasteiger partial charge is 0.388 e. The van der Waals surface area contributed by atoms with Crippen LogP contribution in [0.3, 0.4) is 0 Å². The maximum absolute atomic E-state index is 12.6. The van der Waals surface area contributed by atoms with E-state index in [1.165, 1.54) is 0 Å². The lowest BCUT2D eigenvalue weighted by Crippen LogP contribution is -2.47. The van der Waals surface area contributed by atoms with E-state index in [9.17, 15) is 9.90 Å². The van der Waals surface area contributed by atoms with E-state index >= 15 is 0 Å². The van der Waals surface area contributed by atoms with E-state index in [0.717, 1.165) is 52.0 Å². The Morgan fingerprint density at radius 1 is 1.14 bits per heavy atom. The first kappa shape index (κ1) is 16.2. The van der Waals surface area contributed by atoms with Gasteiger partial charge in [0.25, 0.3) is 0 Å². The first-order chi connectivity index (χ1) is 10.7. The minimum Gasteiger partial charge on any atom is -0.388 e. The van der Waals surface area contributed by atoms with Crippen molar-refractivity contribution in [3.8, 4) is 0 Å². The third kappa shape index (κ3) is 3.45. The second-order valence-electron chi connectivity index (χ2n) is 6.74. The molecule has 6 nitrogen and oxygen atoms in total. The number of aliphatic hydroxyl groups is 1. The Balaban J connectivity index is 1.47. The van der Waals surface area contributed by atoms with Crippen LogP contribution in [-0.4, -0.2) is 85.6 Å². The summed E-state index contributed by atoms with van der Waals surface area (Å²) in [5.41, 5.74) is 0. The normalized spacial score (nSPS) is 32.5. The van der Waals surface area contributed by atoms with Gasteiger partial charge in [-0.1, -0.05) is 0 Å². The highest BCUT2D eigenvalue weighted by molar-refractivity contribution is 5.79. The fraction of sp³-hybridized carbons (Fsp3) is 0.938. The van der Waals surface area contributed by atoms with Crippen LogP contribution in [0.5, 0.6) is 0 Å². The molecule has 0 aromatic carbocycles. The van der Waals surface area contributed by atoms with Crippen molar-refractivity contribution in [1.29, 1.82) is 0 Å². The van der Waals surface area contributed by atoms with Gasteiger partial charge in [-0.05, 0) is 38.8 Å². The minimum atomic E-state index is -0.545. The standard InChI is InChI=1S/C16H28N2O4/c1-21-15-11-18(10-14(15)19)16(20)12-2-6-17(7-3-12)13-4-8-22-9-5-13/h12-15,19H,2-11H2,1H3. The summed E-state index contributed by atoms with van der Waals surface area (Å²) in [4.78, 5) is 16.9. The zero-order chi connectivity index (χ0) is 15.5. The number of carbonyl (C=O) groups excluding carboxylic acids is 1. The molecule has 6 heteroatoms. The van der Waals surface area contributed by atoms with Crippen LogP contribution in [0.4, 0.5) is 0 Å². The lowest BCUT2D eigenvalue weighted by Gasteiger charge is -2.39. The number of amides is 1. The highest BCUT2D eigenvalue weighted by Crippen LogP contribution is 2.26. The van der Waals surface area contributed by atoms with Crippen molar-refractivity contribution in [2.75, 3.05) is 46.5 Å². The fourth-order valence-corrected chi connectivity index (χ4v) is 3.99. The number of ether oxygens (including phenoxy) is 2. The summed E-state index contributed by atoms with van der Waals surface area (Å²) in [6, 6.07) is 0.635. The van der Waals surface area contributed by atoms with E-state index in [1.807, 2.05) is 0 Å². The fourth-order valence-electron chi connectivity index (χ4n) is 3.99. The number of hydrogen-bond donors (Lipinski definition) is 1. The Hall–Kier alpha value is -0.690. The van der Waals surface area contributed by atoms with Crippen LogP contribution in [0, 0.1) is 5.92 Å². The molecule has 0 saturated carbocycles. The molecule has 126 valence electrons. The van der Waals surface area contributed by atoms with Crippen LogP contribution in [0.2, 0.25) is 0 Å². The maximum atomic E-state index is 12.6. The lowest BCUT2D eigenvalue weighted by atomic mass is 9.93. The molecule has 0 aromatic heterocycles. The summed E-state index contributed by atoms with van der Waals surface area (Å²) in [7, 11) is 1.59. The molecular weight excluding hydrogens is 284 g/mol. The van der Waals surface area contributed by atoms with Crippen molar-refractivity contribution < 1.29 is 19.4 Å². The summed E-state index contributed by atoms with van der Waals surface area (Å²) in [6.45, 7) is 4.69. The van der Waals surface area contributed by atoms with Gasteiger partial charge in [-0.3, -0.25) is 4.79 Å². The molecule has 3 rings (SSSR count). The molecule has 0 bridgehead atoms. The van der Waals surface area contributed by atoms with E-state index in [-0.39, 0.29) is 17.9 Å². The summed E-state index contributed by atoms with van der Waals surface area (Å²) in [5, 5.41) is 9.88. The van der Waals surface area contributed by atoms with Crippen molar-refractivity contribution in [2.45, 2.75) is 43.9 Å². The Morgan fingerprint density at radius 2 is 1.82 bits per heavy atom. The average molecular weight is 312 g/mol. The zero-order valence-electron chi connectivity index (χ0n) is 13.4. The van der Waals surface area contributed by atoms with Crippen molar-refractivity contribution in [3.05, 3.63) is 0 Å². The van der Waals surface area contributed by atoms with Gasteiger partial charge in [-0.15, -0.1) is 0 Å². The van der Waals surface area contributed by atoms with E-state index in [1.54, 1.807) is 12.0 Å². The summed E-state index contributed by atoms with van der Waals surface area (Å²) < 4.78 is 10.6. The summed E-state index contributed by atoms with van der Waals surface area (Å²) in [6.07, 6.45) is 3.32. The molecular formula is C16H28N2O4. The highest BCUT2D eigenvalue weighted by atomic mass is 16.5. The first-order valence-corrected chi connectivity index (χ1v) is 8.50. The zero-order valence-corrected chi connectivity index (χ0v) is 13.4. The number of methoxy groups -OCH3 is 1. The average Bonchev–Trinajstić information content (AvgIpc) is 2.96. The molecule has 3 heterocycles. The van der Waals surface area contributed by atoms with E-state index in [0.29, 0.717) is 19.1 Å². The SMILES string of the molecule is COC1CN(C(=O)C2CCN(C3CCOCC3)CC2)CC1O. The molecule has 0 spiro atoms. The quantitative estimate of drug-likeness (QED) is 0.801. The van der Waals surface area contributed by atoms with Gasteiger partial charge in [-0.25, -0.2) is 0 Å². The van der Waals surface area contributed by atoms with Gasteiger partial charge in [0.05, 0.1) is 6.10 Å². The number of likely N-dealkylation sites (tertiary alicyclic amines) is 2. The molecule has 3 aliphatic heterocycles. The number of hydrogen-bond acceptors (Lipinski definition) is 5. The predicted octanol–water partition coefficient (Wildman–Crippen LogP) is 0.0955. The van der Waals surface area contributed by atoms with Gasteiger partial charge < -0.3 is 24.4 Å². The van der Waals surface area contributed by atoms with E-state index < -0.39 is 6.10 Å². The Morgan fingerprint density at radius 3 is 2.41 bits per heavy atom. The smallest absolute Gasteiger partial charge is 0.225 e. The molecule has 2 unspecified atom stereocenters. The van der Waals surface area contributed by atoms with Crippen LogP contribution < -0.4 is 0 Å². The summed E-state index contributed by atoms with van der Waals surface area (Å²) in [5.74, 6) is 0.309. The van der Waals surface area contributed by atoms with Gasteiger partial charge in [0.1, 0.15) is 6.10 Å². The predicted molar refractivity (Wildman–Crippen MR) is 81.5 cm³/mol. The second kappa shape index (κ2) is 7.25. The van der Waals surface area contributed by atoms with Gasteiger partial charge in [0, 0.05) is 45.4 Å². The molecule has 0 aromatic rings. The first-order valence-electron chi connectivity index (χ1n) is 8.50. The number of rotatable bonds is 3. The number of nitrogens with zero attached hydrogens (tertiary/aromatic N) is 2. The minimum absolute atomic E-state index is 0.110. The van der Waals surface area contributed by atoms with Crippen molar-refractivity contribution in [2.24, 2.45) is 5.92 Å². The Labute approximate surface area is 132 Å². The number of aliphatic hydroxyl groups excluding tert-OH is 1. The van der Waals surface area contributed by atoms with Crippen LogP contribution in [0.15, 0.2) is 0 Å². The van der Waals surface area contributed by atoms with Gasteiger partial charge in [0.2, 0.25) is 5.91 Å². The molecule has 1 N–H and O–H groups in total. The Bertz CT molecular complexity index is 378. The molecule has 3 saturated heterocycles. The van der Waals surface area contributed by atoms with Crippen LogP contribution in [-0.2, 0) is 14.3 Å². The monoisotopic (exact) mass is 312 g/mol. The third-order valence-corrected chi connectivity index (χ3v) is 5.44. The van der Waals surface area contributed by atoms with Crippen molar-refractivity contribution in [3.63, 3.8) is 0 Å². The second-order valence-corrected chi connectivity index (χ2v) is 6.74. The van der Waals surface area contributed by atoms with E-state index in [2.05, 4.69) is 4.90 Å². The Kier molecular flexibility index (Phi) is 5.33. The van der Waals surface area contributed by atoms with Gasteiger partial charge in [0.15, 0.2) is 0 Å². The topological polar surface area (TPSA) is 62.2 Å². The van der Waals surface area contributed by atoms with Crippen LogP contribution in [0.1, 0.15) is 25.7 Å². The number of carbonyl (C=O) groups is 1. The number of β-amino-alcohol motifs (C(OH)–C–C–N with tert-alkyl or cyclic N) is 1. The molecule has 1 amide bonds. The molecule has 0 aliphatic carbocycles. The molecule has 0 radical (unpaired) electrons. The summed E-state index contributed by atoms with van der Waals surface area (Å²) >= 11 is 0. The van der Waals surface area contributed by atoms with Gasteiger partial charge >= 0.3 is 0 Å². The molecule has 3 fully saturated rings. The van der Waals surface area contributed by atoms with Crippen molar-refractivity contribution >= 4 is 5.91 Å². The van der Waals surface area contributed by atoms with Crippen molar-refractivity contribution in [1.82, 2.24) is 9.80 Å². The number of piperidine rings is 1. The van der Waals surface area contributed by atoms with E-state index in [4.69, 9.17) is 9.47 Å². The van der Waals surface area contributed by atoms with Gasteiger partial charge in [-0.2, -0.15) is 0 Å². The van der Waals surface area contributed by atoms with Crippen LogP contribution in [0.25, 0.3) is 0 Å².